The van der Waals surface area contributed by atoms with Crippen LogP contribution in [0.25, 0.3) is 0 Å². The number of fused-ring (bicyclic) bond motifs is 1. The molecule has 0 aromatic heterocycles. The first kappa shape index (κ1) is 17.6. The molecular formula is C20H28N2O4. The van der Waals surface area contributed by atoms with Crippen LogP contribution in [0.5, 0.6) is 11.5 Å². The van der Waals surface area contributed by atoms with Gasteiger partial charge in [0.25, 0.3) is 5.91 Å². The molecule has 6 nitrogen and oxygen atoms in total. The molecule has 0 spiro atoms. The van der Waals surface area contributed by atoms with Crippen molar-refractivity contribution in [1.29, 1.82) is 0 Å². The number of ether oxygens (including phenoxy) is 3. The van der Waals surface area contributed by atoms with Crippen LogP contribution in [0, 0.1) is 0 Å². The molecule has 0 radical (unpaired) electrons. The molecule has 26 heavy (non-hydrogen) atoms. The van der Waals surface area contributed by atoms with E-state index in [1.807, 2.05) is 11.0 Å². The Balaban J connectivity index is 1.25. The Morgan fingerprint density at radius 2 is 1.85 bits per heavy atom. The maximum absolute atomic E-state index is 12.4. The number of nitrogens with one attached hydrogen (secondary N) is 1. The summed E-state index contributed by atoms with van der Waals surface area (Å²) in [4.78, 5) is 14.4. The van der Waals surface area contributed by atoms with Gasteiger partial charge in [0.15, 0.2) is 11.5 Å². The van der Waals surface area contributed by atoms with Gasteiger partial charge in [-0.05, 0) is 43.4 Å². The van der Waals surface area contributed by atoms with Crippen molar-refractivity contribution in [1.82, 2.24) is 10.2 Å². The fraction of sp³-hybridized carbons (Fsp3) is 0.650. The lowest BCUT2D eigenvalue weighted by atomic mass is 10.0. The summed E-state index contributed by atoms with van der Waals surface area (Å²) in [5.74, 6) is 1.87. The van der Waals surface area contributed by atoms with Crippen molar-refractivity contribution in [3.05, 3.63) is 23.8 Å². The highest BCUT2D eigenvalue weighted by molar-refractivity contribution is 5.81. The molecule has 1 aromatic rings. The standard InChI is InChI=1S/C20H28N2O4/c23-20(18-3-1-10-25-18)22-8-6-16(7-9-22)21-14-15-4-5-17-19(13-15)26-12-2-11-24-17/h4-5,13,16,18,21H,1-3,6-12,14H2/t18-/m0/s1. The molecular weight excluding hydrogens is 332 g/mol. The summed E-state index contributed by atoms with van der Waals surface area (Å²) in [7, 11) is 0. The van der Waals surface area contributed by atoms with E-state index in [0.717, 1.165) is 69.8 Å². The summed E-state index contributed by atoms with van der Waals surface area (Å²) < 4.78 is 17.0. The summed E-state index contributed by atoms with van der Waals surface area (Å²) in [6.07, 6.45) is 4.59. The number of hydrogen-bond acceptors (Lipinski definition) is 5. The highest BCUT2D eigenvalue weighted by Gasteiger charge is 2.30. The molecule has 2 fully saturated rings. The lowest BCUT2D eigenvalue weighted by Gasteiger charge is -2.33. The van der Waals surface area contributed by atoms with Crippen LogP contribution in [0.15, 0.2) is 18.2 Å². The van der Waals surface area contributed by atoms with E-state index in [2.05, 4.69) is 17.4 Å². The van der Waals surface area contributed by atoms with Gasteiger partial charge in [-0.2, -0.15) is 0 Å². The second-order valence-corrected chi connectivity index (χ2v) is 7.31. The molecule has 1 amide bonds. The van der Waals surface area contributed by atoms with Gasteiger partial charge in [0.1, 0.15) is 6.10 Å². The quantitative estimate of drug-likeness (QED) is 0.891. The minimum Gasteiger partial charge on any atom is -0.490 e. The number of carbonyl (C=O) groups is 1. The molecule has 142 valence electrons. The zero-order valence-corrected chi connectivity index (χ0v) is 15.2. The first-order valence-corrected chi connectivity index (χ1v) is 9.82. The maximum Gasteiger partial charge on any atom is 0.251 e. The summed E-state index contributed by atoms with van der Waals surface area (Å²) in [6, 6.07) is 6.61. The third-order valence-electron chi connectivity index (χ3n) is 5.42. The Morgan fingerprint density at radius 3 is 2.62 bits per heavy atom. The van der Waals surface area contributed by atoms with Crippen molar-refractivity contribution < 1.29 is 19.0 Å². The normalized spacial score (nSPS) is 23.7. The molecule has 0 saturated carbocycles. The molecule has 3 aliphatic rings. The predicted octanol–water partition coefficient (Wildman–Crippen LogP) is 2.11. The monoisotopic (exact) mass is 360 g/mol. The van der Waals surface area contributed by atoms with Gasteiger partial charge in [0.2, 0.25) is 0 Å². The van der Waals surface area contributed by atoms with Crippen LogP contribution in [-0.2, 0) is 16.1 Å². The largest absolute Gasteiger partial charge is 0.490 e. The second-order valence-electron chi connectivity index (χ2n) is 7.31. The number of benzene rings is 1. The topological polar surface area (TPSA) is 60.0 Å². The van der Waals surface area contributed by atoms with E-state index >= 15 is 0 Å². The first-order chi connectivity index (χ1) is 12.8. The van der Waals surface area contributed by atoms with E-state index in [9.17, 15) is 4.79 Å². The van der Waals surface area contributed by atoms with Crippen LogP contribution in [-0.4, -0.2) is 55.9 Å². The summed E-state index contributed by atoms with van der Waals surface area (Å²) >= 11 is 0. The molecule has 1 atom stereocenters. The van der Waals surface area contributed by atoms with Gasteiger partial charge < -0.3 is 24.4 Å². The van der Waals surface area contributed by atoms with Crippen molar-refractivity contribution in [3.63, 3.8) is 0 Å². The van der Waals surface area contributed by atoms with Gasteiger partial charge in [-0.1, -0.05) is 6.07 Å². The van der Waals surface area contributed by atoms with E-state index in [4.69, 9.17) is 14.2 Å². The molecule has 3 heterocycles. The molecule has 6 heteroatoms. The minimum atomic E-state index is -0.193. The minimum absolute atomic E-state index is 0.184. The number of hydrogen-bond donors (Lipinski definition) is 1. The van der Waals surface area contributed by atoms with Gasteiger partial charge in [-0.15, -0.1) is 0 Å². The molecule has 3 aliphatic heterocycles. The van der Waals surface area contributed by atoms with E-state index in [1.165, 1.54) is 5.56 Å². The number of piperidine rings is 1. The van der Waals surface area contributed by atoms with E-state index in [1.54, 1.807) is 0 Å². The van der Waals surface area contributed by atoms with Gasteiger partial charge in [-0.25, -0.2) is 0 Å². The number of nitrogens with zero attached hydrogens (tertiary/aromatic N) is 1. The van der Waals surface area contributed by atoms with Crippen molar-refractivity contribution >= 4 is 5.91 Å². The zero-order valence-electron chi connectivity index (χ0n) is 15.2. The molecule has 0 unspecified atom stereocenters. The van der Waals surface area contributed by atoms with Gasteiger partial charge >= 0.3 is 0 Å². The second kappa shape index (κ2) is 8.27. The van der Waals surface area contributed by atoms with Crippen LogP contribution in [0.4, 0.5) is 0 Å². The molecule has 1 N–H and O–H groups in total. The van der Waals surface area contributed by atoms with Crippen molar-refractivity contribution in [2.75, 3.05) is 32.9 Å². The van der Waals surface area contributed by atoms with Crippen LogP contribution in [0.2, 0.25) is 0 Å². The Morgan fingerprint density at radius 1 is 1.04 bits per heavy atom. The van der Waals surface area contributed by atoms with Crippen molar-refractivity contribution in [2.45, 2.75) is 50.8 Å². The fourth-order valence-corrected chi connectivity index (χ4v) is 3.86. The molecule has 2 saturated heterocycles. The zero-order chi connectivity index (χ0) is 17.8. The van der Waals surface area contributed by atoms with Crippen molar-refractivity contribution in [2.24, 2.45) is 0 Å². The summed E-state index contributed by atoms with van der Waals surface area (Å²) in [5, 5.41) is 3.62. The highest BCUT2D eigenvalue weighted by atomic mass is 16.5. The number of rotatable bonds is 4. The smallest absolute Gasteiger partial charge is 0.251 e. The third kappa shape index (κ3) is 4.13. The number of amides is 1. The first-order valence-electron chi connectivity index (χ1n) is 9.82. The molecule has 1 aromatic carbocycles. The van der Waals surface area contributed by atoms with Gasteiger partial charge in [-0.3, -0.25) is 4.79 Å². The lowest BCUT2D eigenvalue weighted by Crippen LogP contribution is -2.47. The fourth-order valence-electron chi connectivity index (χ4n) is 3.86. The van der Waals surface area contributed by atoms with Crippen LogP contribution >= 0.6 is 0 Å². The molecule has 0 bridgehead atoms. The Bertz CT molecular complexity index is 622. The highest BCUT2D eigenvalue weighted by Crippen LogP contribution is 2.30. The molecule has 0 aliphatic carbocycles. The van der Waals surface area contributed by atoms with Crippen LogP contribution < -0.4 is 14.8 Å². The Hall–Kier alpha value is -1.79. The Kier molecular flexibility index (Phi) is 5.60. The van der Waals surface area contributed by atoms with E-state index in [0.29, 0.717) is 19.3 Å². The maximum atomic E-state index is 12.4. The number of carbonyl (C=O) groups excluding carboxylic acids is 1. The molecule has 4 rings (SSSR count). The van der Waals surface area contributed by atoms with Crippen molar-refractivity contribution in [3.8, 4) is 11.5 Å². The van der Waals surface area contributed by atoms with Gasteiger partial charge in [0.05, 0.1) is 13.2 Å². The van der Waals surface area contributed by atoms with Crippen LogP contribution in [0.3, 0.4) is 0 Å². The third-order valence-corrected chi connectivity index (χ3v) is 5.42. The summed E-state index contributed by atoms with van der Waals surface area (Å²) in [6.45, 7) is 4.59. The van der Waals surface area contributed by atoms with E-state index < -0.39 is 0 Å². The number of likely N-dealkylation sites (tertiary alicyclic amines) is 1. The van der Waals surface area contributed by atoms with Crippen LogP contribution in [0.1, 0.15) is 37.7 Å². The SMILES string of the molecule is O=C([C@@H]1CCCO1)N1CCC(NCc2ccc3c(c2)OCCCO3)CC1. The lowest BCUT2D eigenvalue weighted by molar-refractivity contribution is -0.142. The average molecular weight is 360 g/mol. The van der Waals surface area contributed by atoms with Gasteiger partial charge in [0, 0.05) is 38.7 Å². The van der Waals surface area contributed by atoms with E-state index in [-0.39, 0.29) is 12.0 Å². The Labute approximate surface area is 154 Å². The summed E-state index contributed by atoms with van der Waals surface area (Å²) in [5.41, 5.74) is 1.20. The predicted molar refractivity (Wildman–Crippen MR) is 97.5 cm³/mol. The average Bonchev–Trinajstić information content (AvgIpc) is 3.12.